The van der Waals surface area contributed by atoms with Gasteiger partial charge in [0.05, 0.1) is 6.42 Å². The lowest BCUT2D eigenvalue weighted by Crippen LogP contribution is -2.15. The average Bonchev–Trinajstić information content (AvgIpc) is 2.86. The zero-order valence-electron chi connectivity index (χ0n) is 13.4. The number of hydrogen-bond acceptors (Lipinski definition) is 1. The largest absolute Gasteiger partial charge is 0.369 e. The van der Waals surface area contributed by atoms with Gasteiger partial charge in [0, 0.05) is 23.1 Å². The van der Waals surface area contributed by atoms with Gasteiger partial charge < -0.3 is 10.3 Å². The van der Waals surface area contributed by atoms with Crippen molar-refractivity contribution in [2.45, 2.75) is 32.7 Å². The predicted molar refractivity (Wildman–Crippen MR) is 93.2 cm³/mol. The Morgan fingerprint density at radius 3 is 2.65 bits per heavy atom. The summed E-state index contributed by atoms with van der Waals surface area (Å²) in [6.07, 6.45) is 2.11. The Morgan fingerprint density at radius 2 is 1.96 bits per heavy atom. The molecule has 0 aliphatic carbocycles. The van der Waals surface area contributed by atoms with Crippen LogP contribution in [0.5, 0.6) is 0 Å². The number of nitrogens with two attached hydrogens (primary N) is 1. The van der Waals surface area contributed by atoms with E-state index in [0.717, 1.165) is 35.9 Å². The molecular formula is C20H21N2O. The van der Waals surface area contributed by atoms with E-state index in [-0.39, 0.29) is 12.3 Å². The third-order valence-electron chi connectivity index (χ3n) is 4.25. The van der Waals surface area contributed by atoms with Crippen molar-refractivity contribution in [3.05, 3.63) is 71.4 Å². The number of aryl methyl sites for hydroxylation is 2. The first-order valence-corrected chi connectivity index (χ1v) is 8.03. The summed E-state index contributed by atoms with van der Waals surface area (Å²) in [7, 11) is 0. The number of rotatable bonds is 6. The standard InChI is InChI=1S/C20H21N2O/c1-2-18-17(14-20(21)23)16-10-6-7-11-19(16)22(18)13-12-15-8-4-3-5-9-15/h3-9,11H,2,12-14H2,1H3,(H2,21,23). The summed E-state index contributed by atoms with van der Waals surface area (Å²) in [5.74, 6) is -0.293. The topological polar surface area (TPSA) is 48.0 Å². The molecule has 23 heavy (non-hydrogen) atoms. The molecule has 1 amide bonds. The number of fused-ring (bicyclic) bond motifs is 1. The molecule has 3 nitrogen and oxygen atoms in total. The van der Waals surface area contributed by atoms with Gasteiger partial charge in [-0.2, -0.15) is 0 Å². The van der Waals surface area contributed by atoms with Crippen LogP contribution in [-0.2, 0) is 30.6 Å². The summed E-state index contributed by atoms with van der Waals surface area (Å²) in [4.78, 5) is 11.5. The fourth-order valence-corrected chi connectivity index (χ4v) is 3.26. The minimum absolute atomic E-state index is 0.276. The minimum Gasteiger partial charge on any atom is -0.369 e. The van der Waals surface area contributed by atoms with Crippen LogP contribution in [0, 0.1) is 6.07 Å². The van der Waals surface area contributed by atoms with E-state index in [1.54, 1.807) is 0 Å². The van der Waals surface area contributed by atoms with E-state index in [2.05, 4.69) is 47.9 Å². The molecule has 1 heterocycles. The lowest BCUT2D eigenvalue weighted by atomic mass is 10.1. The number of nitrogens with zero attached hydrogens (tertiary/aromatic N) is 1. The van der Waals surface area contributed by atoms with Crippen LogP contribution in [0.15, 0.2) is 48.5 Å². The number of aromatic nitrogens is 1. The lowest BCUT2D eigenvalue weighted by Gasteiger charge is -2.11. The maximum Gasteiger partial charge on any atom is 0.221 e. The Morgan fingerprint density at radius 1 is 1.17 bits per heavy atom. The molecule has 3 aromatic rings. The van der Waals surface area contributed by atoms with Crippen molar-refractivity contribution in [3.63, 3.8) is 0 Å². The van der Waals surface area contributed by atoms with Gasteiger partial charge in [-0.15, -0.1) is 0 Å². The number of carbonyl (C=O) groups is 1. The van der Waals surface area contributed by atoms with Crippen molar-refractivity contribution in [2.24, 2.45) is 5.73 Å². The van der Waals surface area contributed by atoms with Crippen LogP contribution in [0.3, 0.4) is 0 Å². The average molecular weight is 305 g/mol. The highest BCUT2D eigenvalue weighted by Gasteiger charge is 2.17. The maximum atomic E-state index is 11.5. The third-order valence-corrected chi connectivity index (χ3v) is 4.25. The molecule has 0 spiro atoms. The molecule has 0 saturated carbocycles. The van der Waals surface area contributed by atoms with Gasteiger partial charge >= 0.3 is 0 Å². The molecule has 0 unspecified atom stereocenters. The van der Waals surface area contributed by atoms with Crippen molar-refractivity contribution in [1.82, 2.24) is 4.57 Å². The summed E-state index contributed by atoms with van der Waals surface area (Å²) >= 11 is 0. The monoisotopic (exact) mass is 305 g/mol. The van der Waals surface area contributed by atoms with Gasteiger partial charge in [0.1, 0.15) is 0 Å². The van der Waals surface area contributed by atoms with Crippen molar-refractivity contribution in [3.8, 4) is 0 Å². The first-order valence-electron chi connectivity index (χ1n) is 8.03. The first-order chi connectivity index (χ1) is 11.2. The number of amides is 1. The van der Waals surface area contributed by atoms with E-state index < -0.39 is 0 Å². The molecule has 3 heteroatoms. The van der Waals surface area contributed by atoms with Crippen LogP contribution in [0.2, 0.25) is 0 Å². The molecule has 3 rings (SSSR count). The fourth-order valence-electron chi connectivity index (χ4n) is 3.26. The summed E-state index contributed by atoms with van der Waals surface area (Å²) in [6.45, 7) is 3.01. The van der Waals surface area contributed by atoms with E-state index in [9.17, 15) is 4.79 Å². The second kappa shape index (κ2) is 6.69. The molecule has 0 aliphatic heterocycles. The Kier molecular flexibility index (Phi) is 4.47. The smallest absolute Gasteiger partial charge is 0.221 e. The summed E-state index contributed by atoms with van der Waals surface area (Å²) < 4.78 is 2.32. The van der Waals surface area contributed by atoms with E-state index >= 15 is 0 Å². The highest BCUT2D eigenvalue weighted by molar-refractivity contribution is 5.90. The SMILES string of the molecule is CCc1c(CC(N)=O)c2[c]cccc2n1CCc1ccccc1. The van der Waals surface area contributed by atoms with Gasteiger partial charge in [0.25, 0.3) is 0 Å². The van der Waals surface area contributed by atoms with Crippen LogP contribution < -0.4 is 5.73 Å². The minimum atomic E-state index is -0.293. The zero-order chi connectivity index (χ0) is 16.2. The van der Waals surface area contributed by atoms with E-state index in [4.69, 9.17) is 5.73 Å². The van der Waals surface area contributed by atoms with Gasteiger partial charge in [0.2, 0.25) is 5.91 Å². The Bertz CT molecular complexity index is 818. The van der Waals surface area contributed by atoms with Gasteiger partial charge in [-0.05, 0) is 36.1 Å². The van der Waals surface area contributed by atoms with Gasteiger partial charge in [-0.25, -0.2) is 0 Å². The molecule has 1 aromatic heterocycles. The summed E-state index contributed by atoms with van der Waals surface area (Å²) in [6, 6.07) is 19.7. The second-order valence-corrected chi connectivity index (χ2v) is 5.74. The van der Waals surface area contributed by atoms with Crippen molar-refractivity contribution in [2.75, 3.05) is 0 Å². The molecule has 117 valence electrons. The van der Waals surface area contributed by atoms with E-state index in [1.807, 2.05) is 18.2 Å². The molecule has 0 bridgehead atoms. The van der Waals surface area contributed by atoms with Crippen LogP contribution in [0.1, 0.15) is 23.7 Å². The molecule has 0 saturated heterocycles. The van der Waals surface area contributed by atoms with E-state index in [0.29, 0.717) is 0 Å². The van der Waals surface area contributed by atoms with Crippen molar-refractivity contribution in [1.29, 1.82) is 0 Å². The first kappa shape index (κ1) is 15.3. The van der Waals surface area contributed by atoms with E-state index in [1.165, 1.54) is 11.3 Å². The second-order valence-electron chi connectivity index (χ2n) is 5.74. The highest BCUT2D eigenvalue weighted by atomic mass is 16.1. The number of primary amides is 1. The predicted octanol–water partition coefficient (Wildman–Crippen LogP) is 3.27. The number of benzene rings is 2. The molecule has 2 aromatic carbocycles. The van der Waals surface area contributed by atoms with Gasteiger partial charge in [-0.3, -0.25) is 4.79 Å². The quantitative estimate of drug-likeness (QED) is 0.746. The summed E-state index contributed by atoms with van der Waals surface area (Å²) in [5, 5.41) is 1.02. The van der Waals surface area contributed by atoms with Gasteiger partial charge in [0.15, 0.2) is 0 Å². The molecule has 1 radical (unpaired) electrons. The van der Waals surface area contributed by atoms with Gasteiger partial charge in [-0.1, -0.05) is 49.4 Å². The van der Waals surface area contributed by atoms with Crippen molar-refractivity contribution < 1.29 is 4.79 Å². The molecule has 0 fully saturated rings. The summed E-state index contributed by atoms with van der Waals surface area (Å²) in [5.41, 5.74) is 10.1. The maximum absolute atomic E-state index is 11.5. The Labute approximate surface area is 136 Å². The van der Waals surface area contributed by atoms with Crippen molar-refractivity contribution >= 4 is 16.8 Å². The van der Waals surface area contributed by atoms with Crippen LogP contribution in [-0.4, -0.2) is 10.5 Å². The molecule has 0 atom stereocenters. The van der Waals surface area contributed by atoms with Crippen LogP contribution in [0.4, 0.5) is 0 Å². The van der Waals surface area contributed by atoms with Crippen LogP contribution in [0.25, 0.3) is 10.9 Å². The Balaban J connectivity index is 2.02. The van der Waals surface area contributed by atoms with Crippen LogP contribution >= 0.6 is 0 Å². The lowest BCUT2D eigenvalue weighted by molar-refractivity contribution is -0.117. The molecule has 2 N–H and O–H groups in total. The third kappa shape index (κ3) is 3.14. The molecule has 0 aliphatic rings. The number of hydrogen-bond donors (Lipinski definition) is 1. The fraction of sp³-hybridized carbons (Fsp3) is 0.250. The number of carbonyl (C=O) groups excluding carboxylic acids is 1. The highest BCUT2D eigenvalue weighted by Crippen LogP contribution is 2.27. The zero-order valence-corrected chi connectivity index (χ0v) is 13.4. The normalized spacial score (nSPS) is 11.0. The molecular weight excluding hydrogens is 284 g/mol. The Hall–Kier alpha value is -2.55.